The second-order valence-corrected chi connectivity index (χ2v) is 18.9. The van der Waals surface area contributed by atoms with Crippen LogP contribution in [0, 0.1) is 0 Å². The Morgan fingerprint density at radius 3 is 0.972 bits per heavy atom. The molecule has 0 spiro atoms. The van der Waals surface area contributed by atoms with E-state index >= 15 is 0 Å². The third kappa shape index (κ3) is 25.8. The van der Waals surface area contributed by atoms with Crippen molar-refractivity contribution in [2.24, 2.45) is 9.98 Å². The van der Waals surface area contributed by atoms with E-state index < -0.39 is 11.9 Å². The van der Waals surface area contributed by atoms with Crippen LogP contribution in [0.5, 0.6) is 11.5 Å². The molecule has 0 aliphatic rings. The summed E-state index contributed by atoms with van der Waals surface area (Å²) in [6, 6.07) is 20.8. The minimum absolute atomic E-state index is 0.0876. The van der Waals surface area contributed by atoms with Gasteiger partial charge in [-0.05, 0) is 26.7 Å². The minimum Gasteiger partial charge on any atom is -0.506 e. The molecule has 0 radical (unpaired) electrons. The summed E-state index contributed by atoms with van der Waals surface area (Å²) >= 11 is 0. The van der Waals surface area contributed by atoms with Gasteiger partial charge in [0.1, 0.15) is 22.7 Å². The maximum atomic E-state index is 13.3. The number of unbranched alkanes of at least 4 members (excludes halogenated alkanes) is 26. The third-order valence-electron chi connectivity index (χ3n) is 12.8. The summed E-state index contributed by atoms with van der Waals surface area (Å²) in [5, 5.41) is 22.7. The molecule has 2 N–H and O–H groups in total. The van der Waals surface area contributed by atoms with Gasteiger partial charge in [0.25, 0.3) is 0 Å². The number of aliphatic hydroxyl groups is 2. The number of carbonyl (C=O) groups is 2. The van der Waals surface area contributed by atoms with E-state index in [1.54, 1.807) is 74.5 Å². The van der Waals surface area contributed by atoms with Crippen LogP contribution in [0.3, 0.4) is 0 Å². The maximum Gasteiger partial charge on any atom is 0.343 e. The normalized spacial score (nSPS) is 12.3. The molecule has 0 atom stereocenters. The summed E-state index contributed by atoms with van der Waals surface area (Å²) in [5.41, 5.74) is 1.03. The van der Waals surface area contributed by atoms with Gasteiger partial charge in [-0.3, -0.25) is 9.98 Å². The van der Waals surface area contributed by atoms with Crippen LogP contribution in [0.2, 0.25) is 0 Å². The maximum absolute atomic E-state index is 13.3. The van der Waals surface area contributed by atoms with Gasteiger partial charge in [0, 0.05) is 35.7 Å². The SMILES string of the molecule is CCCCCCCCCCCCCCCCOc1cc(N=C/C(C(=O)OCC)=C(/O)c2ccccc2)c(N=C/C(C(=O)OCC)=C(/O)c2ccccc2)cc1OCCCCCCCCCCCCCCCC. The van der Waals surface area contributed by atoms with Crippen molar-refractivity contribution >= 4 is 47.3 Å². The van der Waals surface area contributed by atoms with E-state index in [0.717, 1.165) is 38.5 Å². The molecule has 10 nitrogen and oxygen atoms in total. The fourth-order valence-corrected chi connectivity index (χ4v) is 8.54. The molecule has 72 heavy (non-hydrogen) atoms. The molecule has 0 aliphatic carbocycles. The van der Waals surface area contributed by atoms with E-state index in [9.17, 15) is 19.8 Å². The van der Waals surface area contributed by atoms with Crippen LogP contribution in [0.4, 0.5) is 11.4 Å². The predicted molar refractivity (Wildman–Crippen MR) is 300 cm³/mol. The molecule has 0 amide bonds. The third-order valence-corrected chi connectivity index (χ3v) is 12.8. The van der Waals surface area contributed by atoms with E-state index in [2.05, 4.69) is 13.8 Å². The monoisotopic (exact) mass is 993 g/mol. The second-order valence-electron chi connectivity index (χ2n) is 18.9. The number of hydrogen-bond donors (Lipinski definition) is 2. The van der Waals surface area contributed by atoms with E-state index in [4.69, 9.17) is 28.9 Å². The van der Waals surface area contributed by atoms with Gasteiger partial charge < -0.3 is 29.2 Å². The standard InChI is InChI=1S/C62H92N2O8/c1-5-9-11-13-15-17-19-21-23-25-27-29-31-39-45-71-57-47-55(63-49-53(61(67)69-7-3)59(65)51-41-35-33-36-42-51)56(64-50-54(62(68)70-8-4)60(66)52-43-37-34-38-44-52)48-58(57)72-46-40-32-30-28-26-24-22-20-18-16-14-12-10-6-2/h33-38,41-44,47-50,65-66H,5-32,39-40,45-46H2,1-4H3/b59-53-,60-54-,63-49?,64-50?. The first-order valence-corrected chi connectivity index (χ1v) is 28.2. The number of nitrogens with zero attached hydrogens (tertiary/aromatic N) is 2. The van der Waals surface area contributed by atoms with Gasteiger partial charge in [-0.25, -0.2) is 9.59 Å². The highest BCUT2D eigenvalue weighted by atomic mass is 16.5. The lowest BCUT2D eigenvalue weighted by Gasteiger charge is -2.15. The van der Waals surface area contributed by atoms with Crippen molar-refractivity contribution in [3.05, 3.63) is 95.1 Å². The van der Waals surface area contributed by atoms with Crippen LogP contribution in [0.25, 0.3) is 11.5 Å². The molecule has 0 saturated heterocycles. The highest BCUT2D eigenvalue weighted by Gasteiger charge is 2.20. The molecule has 0 saturated carbocycles. The average Bonchev–Trinajstić information content (AvgIpc) is 3.39. The number of hydrogen-bond acceptors (Lipinski definition) is 10. The zero-order chi connectivity index (χ0) is 51.7. The molecule has 398 valence electrons. The Balaban J connectivity index is 1.87. The molecule has 0 unspecified atom stereocenters. The number of esters is 2. The Hall–Kier alpha value is -5.38. The highest BCUT2D eigenvalue weighted by Crippen LogP contribution is 2.41. The summed E-state index contributed by atoms with van der Waals surface area (Å²) in [6.07, 6.45) is 37.7. The van der Waals surface area contributed by atoms with Crippen LogP contribution < -0.4 is 9.47 Å². The Morgan fingerprint density at radius 2 is 0.694 bits per heavy atom. The molecule has 10 heteroatoms. The van der Waals surface area contributed by atoms with Crippen LogP contribution in [0.15, 0.2) is 93.9 Å². The van der Waals surface area contributed by atoms with Crippen molar-refractivity contribution in [2.75, 3.05) is 26.4 Å². The van der Waals surface area contributed by atoms with Gasteiger partial charge in [-0.2, -0.15) is 0 Å². The first kappa shape index (κ1) is 60.9. The number of carbonyl (C=O) groups excluding carboxylic acids is 2. The lowest BCUT2D eigenvalue weighted by Crippen LogP contribution is -2.11. The topological polar surface area (TPSA) is 136 Å². The quantitative estimate of drug-likeness (QED) is 0.0188. The Labute approximate surface area is 434 Å². The summed E-state index contributed by atoms with van der Waals surface area (Å²) in [6.45, 7) is 9.01. The number of ether oxygens (including phenoxy) is 4. The molecule has 0 fully saturated rings. The first-order chi connectivity index (χ1) is 35.3. The van der Waals surface area contributed by atoms with Crippen LogP contribution in [-0.2, 0) is 19.1 Å². The van der Waals surface area contributed by atoms with Gasteiger partial charge in [0.05, 0.1) is 37.8 Å². The Kier molecular flexibility index (Phi) is 34.0. The molecule has 0 heterocycles. The van der Waals surface area contributed by atoms with Crippen molar-refractivity contribution in [1.82, 2.24) is 0 Å². The largest absolute Gasteiger partial charge is 0.506 e. The van der Waals surface area contributed by atoms with E-state index in [-0.39, 0.29) is 47.3 Å². The molecule has 3 aromatic rings. The molecule has 3 rings (SSSR count). The molecular formula is C62H92N2O8. The number of aliphatic imine (C=N–C) groups is 2. The predicted octanol–water partition coefficient (Wildman–Crippen LogP) is 17.9. The van der Waals surface area contributed by atoms with Crippen molar-refractivity contribution < 1.29 is 38.7 Å². The minimum atomic E-state index is -0.754. The molecule has 0 aromatic heterocycles. The fraction of sp³-hybridized carbons (Fsp3) is 0.581. The van der Waals surface area contributed by atoms with Crippen molar-refractivity contribution in [3.8, 4) is 11.5 Å². The van der Waals surface area contributed by atoms with E-state index in [1.165, 1.54) is 154 Å². The Morgan fingerprint density at radius 1 is 0.417 bits per heavy atom. The van der Waals surface area contributed by atoms with Crippen molar-refractivity contribution in [3.63, 3.8) is 0 Å². The lowest BCUT2D eigenvalue weighted by atomic mass is 10.0. The van der Waals surface area contributed by atoms with Gasteiger partial charge in [0.15, 0.2) is 11.5 Å². The smallest absolute Gasteiger partial charge is 0.343 e. The van der Waals surface area contributed by atoms with E-state index in [0.29, 0.717) is 35.8 Å². The van der Waals surface area contributed by atoms with Crippen LogP contribution >= 0.6 is 0 Å². The van der Waals surface area contributed by atoms with Crippen molar-refractivity contribution in [1.29, 1.82) is 0 Å². The number of benzene rings is 3. The van der Waals surface area contributed by atoms with E-state index in [1.807, 2.05) is 12.1 Å². The number of rotatable bonds is 42. The van der Waals surface area contributed by atoms with Gasteiger partial charge in [-0.1, -0.05) is 241 Å². The van der Waals surface area contributed by atoms with Crippen molar-refractivity contribution in [2.45, 2.75) is 207 Å². The first-order valence-electron chi connectivity index (χ1n) is 28.2. The summed E-state index contributed by atoms with van der Waals surface area (Å²) in [7, 11) is 0. The van der Waals surface area contributed by atoms with Crippen LogP contribution in [0.1, 0.15) is 219 Å². The molecule has 0 bridgehead atoms. The average molecular weight is 993 g/mol. The lowest BCUT2D eigenvalue weighted by molar-refractivity contribution is -0.138. The Bertz CT molecular complexity index is 1880. The summed E-state index contributed by atoms with van der Waals surface area (Å²) < 4.78 is 23.7. The second kappa shape index (κ2) is 40.1. The van der Waals surface area contributed by atoms with Gasteiger partial charge in [0.2, 0.25) is 0 Å². The summed E-state index contributed by atoms with van der Waals surface area (Å²) in [5.74, 6) is -1.19. The van der Waals surface area contributed by atoms with Gasteiger partial charge in [-0.15, -0.1) is 0 Å². The zero-order valence-corrected chi connectivity index (χ0v) is 44.9. The molecule has 3 aromatic carbocycles. The fourth-order valence-electron chi connectivity index (χ4n) is 8.54. The van der Waals surface area contributed by atoms with Crippen LogP contribution in [-0.4, -0.2) is 61.0 Å². The van der Waals surface area contributed by atoms with Gasteiger partial charge >= 0.3 is 11.9 Å². The zero-order valence-electron chi connectivity index (χ0n) is 44.9. The number of aliphatic hydroxyl groups excluding tert-OH is 2. The highest BCUT2D eigenvalue weighted by molar-refractivity contribution is 6.16. The molecule has 0 aliphatic heterocycles. The summed E-state index contributed by atoms with van der Waals surface area (Å²) in [4.78, 5) is 36.1. The molecular weight excluding hydrogens is 901 g/mol.